The van der Waals surface area contributed by atoms with Gasteiger partial charge in [0.15, 0.2) is 6.23 Å². The molecule has 0 aromatic carbocycles. The first-order valence-corrected chi connectivity index (χ1v) is 5.68. The maximum atomic E-state index is 11.7. The number of rotatable bonds is 2. The summed E-state index contributed by atoms with van der Waals surface area (Å²) in [5, 5.41) is 0. The van der Waals surface area contributed by atoms with E-state index in [4.69, 9.17) is 11.2 Å². The van der Waals surface area contributed by atoms with E-state index in [1.807, 2.05) is 6.92 Å². The van der Waals surface area contributed by atoms with Gasteiger partial charge in [-0.2, -0.15) is 0 Å². The molecule has 0 fully saturated rings. The lowest BCUT2D eigenvalue weighted by Gasteiger charge is -2.22. The Morgan fingerprint density at radius 2 is 2.33 bits per heavy atom. The minimum absolute atomic E-state index is 0.392. The molecule has 0 amide bonds. The van der Waals surface area contributed by atoms with Gasteiger partial charge in [-0.25, -0.2) is 4.79 Å². The van der Waals surface area contributed by atoms with Crippen molar-refractivity contribution >= 4 is 0 Å². The van der Waals surface area contributed by atoms with E-state index in [0.29, 0.717) is 12.0 Å². The topological polar surface area (TPSA) is 64.1 Å². The quantitative estimate of drug-likeness (QED) is 0.617. The summed E-state index contributed by atoms with van der Waals surface area (Å²) >= 11 is 0. The van der Waals surface area contributed by atoms with Crippen molar-refractivity contribution in [1.82, 2.24) is 9.55 Å². The molecule has 0 unspecified atom stereocenters. The summed E-state index contributed by atoms with van der Waals surface area (Å²) in [6.07, 6.45) is 10.4. The van der Waals surface area contributed by atoms with Crippen molar-refractivity contribution in [1.29, 1.82) is 0 Å². The van der Waals surface area contributed by atoms with Gasteiger partial charge in [0.05, 0.1) is 0 Å². The highest BCUT2D eigenvalue weighted by molar-refractivity contribution is 5.24. The molecule has 0 saturated carbocycles. The highest BCUT2D eigenvalue weighted by Gasteiger charge is 2.33. The highest BCUT2D eigenvalue weighted by atomic mass is 16.5. The Balaban J connectivity index is 2.41. The Kier molecular flexibility index (Phi) is 2.97. The van der Waals surface area contributed by atoms with Crippen LogP contribution in [0.4, 0.5) is 0 Å². The molecule has 2 rings (SSSR count). The molecule has 18 heavy (non-hydrogen) atoms. The van der Waals surface area contributed by atoms with Crippen LogP contribution in [0.3, 0.4) is 0 Å². The van der Waals surface area contributed by atoms with Crippen LogP contribution in [0.2, 0.25) is 0 Å². The lowest BCUT2D eigenvalue weighted by molar-refractivity contribution is -0.0256. The van der Waals surface area contributed by atoms with Crippen molar-refractivity contribution in [2.45, 2.75) is 32.1 Å². The predicted molar refractivity (Wildman–Crippen MR) is 67.2 cm³/mol. The van der Waals surface area contributed by atoms with Crippen molar-refractivity contribution in [3.8, 4) is 12.3 Å². The zero-order chi connectivity index (χ0) is 13.3. The fourth-order valence-electron chi connectivity index (χ4n) is 1.84. The number of H-pyrrole nitrogens is 1. The van der Waals surface area contributed by atoms with Crippen molar-refractivity contribution in [3.05, 3.63) is 44.8 Å². The molecule has 94 valence electrons. The van der Waals surface area contributed by atoms with Gasteiger partial charge >= 0.3 is 5.69 Å². The van der Waals surface area contributed by atoms with Crippen LogP contribution < -0.4 is 11.2 Å². The maximum Gasteiger partial charge on any atom is 0.330 e. The minimum Gasteiger partial charge on any atom is -0.332 e. The Bertz CT molecular complexity index is 647. The number of terminal acetylenes is 1. The standard InChI is InChI=1S/C13H14N2O3/c1-4-13(5-2)7-6-10(18-13)15-8-9(3)11(16)14-12(15)17/h1,6-8,10H,5H2,2-3H3,(H,14,16,17)/t10-,13-/m1/s1. The molecule has 2 heterocycles. The number of aromatic nitrogens is 2. The summed E-state index contributed by atoms with van der Waals surface area (Å²) in [6, 6.07) is 0. The molecule has 5 nitrogen and oxygen atoms in total. The van der Waals surface area contributed by atoms with Crippen molar-refractivity contribution in [2.75, 3.05) is 0 Å². The van der Waals surface area contributed by atoms with Crippen LogP contribution in [-0.2, 0) is 4.74 Å². The smallest absolute Gasteiger partial charge is 0.330 e. The van der Waals surface area contributed by atoms with Crippen molar-refractivity contribution in [2.24, 2.45) is 0 Å². The number of nitrogens with one attached hydrogen (secondary N) is 1. The van der Waals surface area contributed by atoms with Gasteiger partial charge in [-0.05, 0) is 25.5 Å². The van der Waals surface area contributed by atoms with E-state index in [1.165, 1.54) is 10.8 Å². The summed E-state index contributed by atoms with van der Waals surface area (Å²) in [5.41, 5.74) is -1.23. The van der Waals surface area contributed by atoms with Crippen molar-refractivity contribution < 1.29 is 4.74 Å². The number of hydrogen-bond acceptors (Lipinski definition) is 3. The highest BCUT2D eigenvalue weighted by Crippen LogP contribution is 2.30. The molecule has 1 aromatic rings. The molecule has 5 heteroatoms. The molecule has 0 bridgehead atoms. The molecular weight excluding hydrogens is 232 g/mol. The number of hydrogen-bond donors (Lipinski definition) is 1. The molecular formula is C13H14N2O3. The third kappa shape index (κ3) is 1.91. The average Bonchev–Trinajstić information content (AvgIpc) is 2.79. The van der Waals surface area contributed by atoms with E-state index in [9.17, 15) is 9.59 Å². The van der Waals surface area contributed by atoms with E-state index in [-0.39, 0.29) is 0 Å². The summed E-state index contributed by atoms with van der Waals surface area (Å²) in [7, 11) is 0. The second kappa shape index (κ2) is 4.31. The summed E-state index contributed by atoms with van der Waals surface area (Å²) in [5.74, 6) is 2.58. The van der Waals surface area contributed by atoms with Gasteiger partial charge < -0.3 is 4.74 Å². The summed E-state index contributed by atoms with van der Waals surface area (Å²) in [6.45, 7) is 3.54. The molecule has 0 radical (unpaired) electrons. The van der Waals surface area contributed by atoms with Gasteiger partial charge in [-0.1, -0.05) is 12.8 Å². The number of aromatic amines is 1. The van der Waals surface area contributed by atoms with Crippen LogP contribution in [0.1, 0.15) is 25.1 Å². The second-order valence-corrected chi connectivity index (χ2v) is 4.23. The third-order valence-electron chi connectivity index (χ3n) is 3.05. The summed E-state index contributed by atoms with van der Waals surface area (Å²) < 4.78 is 7.02. The zero-order valence-electron chi connectivity index (χ0n) is 10.3. The Morgan fingerprint density at radius 1 is 1.61 bits per heavy atom. The summed E-state index contributed by atoms with van der Waals surface area (Å²) in [4.78, 5) is 25.2. The number of aryl methyl sites for hydroxylation is 1. The van der Waals surface area contributed by atoms with E-state index in [1.54, 1.807) is 19.1 Å². The van der Waals surface area contributed by atoms with Crippen LogP contribution in [0.5, 0.6) is 0 Å². The van der Waals surface area contributed by atoms with Crippen LogP contribution >= 0.6 is 0 Å². The largest absolute Gasteiger partial charge is 0.332 e. The normalized spacial score (nSPS) is 26.2. The SMILES string of the molecule is C#C[C@@]1(CC)C=C[C@H](n2cc(C)c(=O)[nH]c2=O)O1. The second-order valence-electron chi connectivity index (χ2n) is 4.23. The van der Waals surface area contributed by atoms with Crippen molar-refractivity contribution in [3.63, 3.8) is 0 Å². The maximum absolute atomic E-state index is 11.7. The van der Waals surface area contributed by atoms with Gasteiger partial charge in [0.1, 0.15) is 5.60 Å². The lowest BCUT2D eigenvalue weighted by Crippen LogP contribution is -2.35. The molecule has 0 saturated heterocycles. The Hall–Kier alpha value is -2.06. The molecule has 2 atom stereocenters. The van der Waals surface area contributed by atoms with E-state index in [0.717, 1.165) is 0 Å². The average molecular weight is 246 g/mol. The van der Waals surface area contributed by atoms with E-state index in [2.05, 4.69) is 10.9 Å². The molecule has 1 aromatic heterocycles. The zero-order valence-corrected chi connectivity index (χ0v) is 10.3. The first kappa shape index (κ1) is 12.4. The molecule has 1 aliphatic rings. The predicted octanol–water partition coefficient (Wildman–Crippen LogP) is 0.712. The van der Waals surface area contributed by atoms with Gasteiger partial charge in [0, 0.05) is 11.8 Å². The minimum atomic E-state index is -0.770. The first-order chi connectivity index (χ1) is 8.51. The van der Waals surface area contributed by atoms with Crippen LogP contribution in [0.15, 0.2) is 27.9 Å². The van der Waals surface area contributed by atoms with Crippen LogP contribution in [0, 0.1) is 19.3 Å². The van der Waals surface area contributed by atoms with Crippen LogP contribution in [0.25, 0.3) is 0 Å². The number of ether oxygens (including phenoxy) is 1. The van der Waals surface area contributed by atoms with Crippen LogP contribution in [-0.4, -0.2) is 15.2 Å². The Labute approximate surface area is 104 Å². The molecule has 1 aliphatic heterocycles. The fourth-order valence-corrected chi connectivity index (χ4v) is 1.84. The van der Waals surface area contributed by atoms with Gasteiger partial charge in [0.25, 0.3) is 5.56 Å². The monoisotopic (exact) mass is 246 g/mol. The van der Waals surface area contributed by atoms with E-state index >= 15 is 0 Å². The lowest BCUT2D eigenvalue weighted by atomic mass is 10.0. The fraction of sp³-hybridized carbons (Fsp3) is 0.385. The van der Waals surface area contributed by atoms with Gasteiger partial charge in [-0.15, -0.1) is 6.42 Å². The first-order valence-electron chi connectivity index (χ1n) is 5.68. The molecule has 0 aliphatic carbocycles. The number of nitrogens with zero attached hydrogens (tertiary/aromatic N) is 1. The molecule has 0 spiro atoms. The molecule has 1 N–H and O–H groups in total. The van der Waals surface area contributed by atoms with Gasteiger partial charge in [-0.3, -0.25) is 14.3 Å². The van der Waals surface area contributed by atoms with Gasteiger partial charge in [0.2, 0.25) is 0 Å². The third-order valence-corrected chi connectivity index (χ3v) is 3.05. The Morgan fingerprint density at radius 3 is 2.89 bits per heavy atom. The van der Waals surface area contributed by atoms with E-state index < -0.39 is 23.1 Å².